The minimum Gasteiger partial charge on any atom is -0.480 e. The van der Waals surface area contributed by atoms with Gasteiger partial charge in [0.05, 0.1) is 6.54 Å². The zero-order valence-corrected chi connectivity index (χ0v) is 13.2. The summed E-state index contributed by atoms with van der Waals surface area (Å²) in [7, 11) is -3.82. The fourth-order valence-electron chi connectivity index (χ4n) is 2.49. The summed E-state index contributed by atoms with van der Waals surface area (Å²) >= 11 is 0. The van der Waals surface area contributed by atoms with Crippen LogP contribution in [0.2, 0.25) is 0 Å². The highest BCUT2D eigenvalue weighted by Crippen LogP contribution is 2.21. The van der Waals surface area contributed by atoms with Crippen LogP contribution >= 0.6 is 0 Å². The predicted molar refractivity (Wildman–Crippen MR) is 78.1 cm³/mol. The Hall–Kier alpha value is -1.52. The Morgan fingerprint density at radius 3 is 2.64 bits per heavy atom. The van der Waals surface area contributed by atoms with Crippen LogP contribution in [0, 0.1) is 5.92 Å². The third-order valence-corrected chi connectivity index (χ3v) is 5.54. The molecule has 1 aliphatic rings. The van der Waals surface area contributed by atoms with Crippen molar-refractivity contribution in [3.05, 3.63) is 12.7 Å². The molecule has 2 rings (SSSR count). The molecule has 2 N–H and O–H groups in total. The highest BCUT2D eigenvalue weighted by molar-refractivity contribution is 7.87. The minimum atomic E-state index is -3.82. The van der Waals surface area contributed by atoms with E-state index >= 15 is 0 Å². The Morgan fingerprint density at radius 1 is 1.45 bits per heavy atom. The van der Waals surface area contributed by atoms with Gasteiger partial charge in [-0.3, -0.25) is 9.48 Å². The smallest absolute Gasteiger partial charge is 0.323 e. The molecule has 1 aromatic rings. The molecule has 0 aromatic carbocycles. The number of aliphatic carboxylic acids is 1. The van der Waals surface area contributed by atoms with E-state index in [1.54, 1.807) is 0 Å². The van der Waals surface area contributed by atoms with Gasteiger partial charge in [-0.25, -0.2) is 4.98 Å². The Labute approximate surface area is 129 Å². The van der Waals surface area contributed by atoms with Crippen LogP contribution in [-0.2, 0) is 21.5 Å². The second kappa shape index (κ2) is 7.16. The molecule has 1 unspecified atom stereocenters. The number of carboxylic acid groups (broad SMARTS) is 1. The van der Waals surface area contributed by atoms with Crippen molar-refractivity contribution in [1.29, 1.82) is 0 Å². The molecule has 0 aliphatic carbocycles. The van der Waals surface area contributed by atoms with Crippen molar-refractivity contribution in [3.63, 3.8) is 0 Å². The van der Waals surface area contributed by atoms with Crippen molar-refractivity contribution in [2.45, 2.75) is 38.8 Å². The van der Waals surface area contributed by atoms with E-state index in [2.05, 4.69) is 21.7 Å². The zero-order valence-electron chi connectivity index (χ0n) is 12.4. The summed E-state index contributed by atoms with van der Waals surface area (Å²) in [6.07, 6.45) is 5.25. The number of nitrogens with zero attached hydrogens (tertiary/aromatic N) is 4. The lowest BCUT2D eigenvalue weighted by Crippen LogP contribution is -2.51. The van der Waals surface area contributed by atoms with E-state index in [9.17, 15) is 18.3 Å². The Kier molecular flexibility index (Phi) is 5.48. The lowest BCUT2D eigenvalue weighted by Gasteiger charge is -2.31. The third-order valence-electron chi connectivity index (χ3n) is 3.92. The van der Waals surface area contributed by atoms with Crippen molar-refractivity contribution >= 4 is 16.2 Å². The maximum Gasteiger partial charge on any atom is 0.323 e. The molecule has 22 heavy (non-hydrogen) atoms. The molecule has 1 fully saturated rings. The topological polar surface area (TPSA) is 117 Å². The number of piperidine rings is 1. The molecule has 10 heteroatoms. The lowest BCUT2D eigenvalue weighted by atomic mass is 9.96. The standard InChI is InChI=1S/C12H21N5O4S/c1-2-10-3-5-17(6-4-10)22(20,21)15-11(12(18)19)7-16-9-13-8-14-16/h8-11,15H,2-7H2,1H3,(H,18,19). The first-order chi connectivity index (χ1) is 10.4. The molecule has 1 aromatic heterocycles. The maximum atomic E-state index is 12.3. The molecular formula is C12H21N5O4S. The van der Waals surface area contributed by atoms with Gasteiger partial charge in [0.1, 0.15) is 18.7 Å². The number of aromatic nitrogens is 3. The summed E-state index contributed by atoms with van der Waals surface area (Å²) in [6.45, 7) is 2.82. The van der Waals surface area contributed by atoms with Crippen LogP contribution in [0.25, 0.3) is 0 Å². The van der Waals surface area contributed by atoms with Gasteiger partial charge in [-0.1, -0.05) is 13.3 Å². The van der Waals surface area contributed by atoms with E-state index in [-0.39, 0.29) is 6.54 Å². The van der Waals surface area contributed by atoms with Crippen LogP contribution in [0.3, 0.4) is 0 Å². The molecule has 2 heterocycles. The highest BCUT2D eigenvalue weighted by Gasteiger charge is 2.31. The van der Waals surface area contributed by atoms with Crippen LogP contribution in [0.5, 0.6) is 0 Å². The summed E-state index contributed by atoms with van der Waals surface area (Å²) in [5.74, 6) is -0.709. The van der Waals surface area contributed by atoms with Crippen LogP contribution in [0.1, 0.15) is 26.2 Å². The average molecular weight is 331 g/mol. The van der Waals surface area contributed by atoms with Gasteiger partial charge in [-0.15, -0.1) is 0 Å². The van der Waals surface area contributed by atoms with Gasteiger partial charge >= 0.3 is 5.97 Å². The molecule has 0 saturated carbocycles. The molecule has 1 saturated heterocycles. The van der Waals surface area contributed by atoms with Crippen molar-refractivity contribution in [1.82, 2.24) is 23.8 Å². The Balaban J connectivity index is 2.00. The van der Waals surface area contributed by atoms with E-state index in [4.69, 9.17) is 0 Å². The van der Waals surface area contributed by atoms with E-state index in [1.807, 2.05) is 0 Å². The molecule has 0 amide bonds. The van der Waals surface area contributed by atoms with E-state index in [1.165, 1.54) is 21.6 Å². The normalized spacial score (nSPS) is 19.1. The van der Waals surface area contributed by atoms with Crippen molar-refractivity contribution in [3.8, 4) is 0 Å². The molecule has 1 atom stereocenters. The average Bonchev–Trinajstić information content (AvgIpc) is 2.99. The number of hydrogen-bond acceptors (Lipinski definition) is 5. The number of rotatable bonds is 7. The lowest BCUT2D eigenvalue weighted by molar-refractivity contribution is -0.139. The Bertz CT molecular complexity index is 581. The third kappa shape index (κ3) is 4.24. The molecule has 0 spiro atoms. The fraction of sp³-hybridized carbons (Fsp3) is 0.750. The first-order valence-corrected chi connectivity index (χ1v) is 8.69. The molecule has 0 bridgehead atoms. The summed E-state index contributed by atoms with van der Waals surface area (Å²) in [5.41, 5.74) is 0. The SMILES string of the molecule is CCC1CCN(S(=O)(=O)NC(Cn2cncn2)C(=O)O)CC1. The quantitative estimate of drug-likeness (QED) is 0.707. The number of carboxylic acids is 1. The van der Waals surface area contributed by atoms with Crippen LogP contribution in [0.4, 0.5) is 0 Å². The summed E-state index contributed by atoms with van der Waals surface area (Å²) < 4.78 is 29.5. The fourth-order valence-corrected chi connectivity index (χ4v) is 3.87. The van der Waals surface area contributed by atoms with Crippen LogP contribution in [-0.4, -0.2) is 57.7 Å². The van der Waals surface area contributed by atoms with Gasteiger partial charge in [0.15, 0.2) is 0 Å². The van der Waals surface area contributed by atoms with Gasteiger partial charge in [0.2, 0.25) is 0 Å². The predicted octanol–water partition coefficient (Wildman–Crippen LogP) is -0.312. The minimum absolute atomic E-state index is 0.111. The summed E-state index contributed by atoms with van der Waals surface area (Å²) in [6, 6.07) is -1.28. The van der Waals surface area contributed by atoms with Gasteiger partial charge in [-0.2, -0.15) is 22.5 Å². The molecular weight excluding hydrogens is 310 g/mol. The second-order valence-corrected chi connectivity index (χ2v) is 7.08. The first kappa shape index (κ1) is 16.8. The van der Waals surface area contributed by atoms with Crippen molar-refractivity contribution < 1.29 is 18.3 Å². The van der Waals surface area contributed by atoms with E-state index in [0.717, 1.165) is 19.3 Å². The maximum absolute atomic E-state index is 12.3. The number of hydrogen-bond donors (Lipinski definition) is 2. The second-order valence-electron chi connectivity index (χ2n) is 5.38. The molecule has 9 nitrogen and oxygen atoms in total. The van der Waals surface area contributed by atoms with Gasteiger partial charge in [0, 0.05) is 13.1 Å². The monoisotopic (exact) mass is 331 g/mol. The van der Waals surface area contributed by atoms with Gasteiger partial charge in [-0.05, 0) is 18.8 Å². The largest absolute Gasteiger partial charge is 0.480 e. The van der Waals surface area contributed by atoms with Crippen molar-refractivity contribution in [2.75, 3.05) is 13.1 Å². The Morgan fingerprint density at radius 2 is 2.14 bits per heavy atom. The molecule has 1 aliphatic heterocycles. The zero-order chi connectivity index (χ0) is 16.2. The number of nitrogens with one attached hydrogen (secondary N) is 1. The van der Waals surface area contributed by atoms with E-state index < -0.39 is 22.2 Å². The molecule has 0 radical (unpaired) electrons. The van der Waals surface area contributed by atoms with E-state index in [0.29, 0.717) is 19.0 Å². The highest BCUT2D eigenvalue weighted by atomic mass is 32.2. The molecule has 124 valence electrons. The van der Waals surface area contributed by atoms with Gasteiger partial charge in [0.25, 0.3) is 10.2 Å². The van der Waals surface area contributed by atoms with Crippen LogP contribution in [0.15, 0.2) is 12.7 Å². The first-order valence-electron chi connectivity index (χ1n) is 7.25. The summed E-state index contributed by atoms with van der Waals surface area (Å²) in [4.78, 5) is 15.0. The van der Waals surface area contributed by atoms with Crippen molar-refractivity contribution in [2.24, 2.45) is 5.92 Å². The van der Waals surface area contributed by atoms with Crippen LogP contribution < -0.4 is 4.72 Å². The number of carbonyl (C=O) groups is 1. The summed E-state index contributed by atoms with van der Waals surface area (Å²) in [5, 5.41) is 13.0. The van der Waals surface area contributed by atoms with Gasteiger partial charge < -0.3 is 5.11 Å².